The lowest BCUT2D eigenvalue weighted by molar-refractivity contribution is 0.318. The van der Waals surface area contributed by atoms with Gasteiger partial charge in [-0.25, -0.2) is 0 Å². The minimum atomic E-state index is -0.0146. The van der Waals surface area contributed by atoms with Crippen LogP contribution < -0.4 is 10.5 Å². The number of hydrogen-bond donors (Lipinski definition) is 2. The van der Waals surface area contributed by atoms with Gasteiger partial charge >= 0.3 is 0 Å². The fourth-order valence-corrected chi connectivity index (χ4v) is 1.90. The molecule has 0 amide bonds. The Labute approximate surface area is 118 Å². The lowest BCUT2D eigenvalue weighted by atomic mass is 10.2. The fraction of sp³-hybridized carbons (Fsp3) is 0.167. The van der Waals surface area contributed by atoms with Crippen molar-refractivity contribution in [3.8, 4) is 11.5 Å². The van der Waals surface area contributed by atoms with E-state index in [2.05, 4.69) is 26.2 Å². The van der Waals surface area contributed by atoms with E-state index >= 15 is 0 Å². The van der Waals surface area contributed by atoms with Gasteiger partial charge in [0.1, 0.15) is 5.75 Å². The molecule has 0 aliphatic heterocycles. The van der Waals surface area contributed by atoms with Crippen LogP contribution in [0.3, 0.4) is 0 Å². The van der Waals surface area contributed by atoms with E-state index in [1.54, 1.807) is 29.2 Å². The minimum Gasteiger partial charge on any atom is -0.453 e. The van der Waals surface area contributed by atoms with Crippen molar-refractivity contribution >= 4 is 21.8 Å². The molecule has 19 heavy (non-hydrogen) atoms. The van der Waals surface area contributed by atoms with E-state index in [1.165, 1.54) is 0 Å². The summed E-state index contributed by atoms with van der Waals surface area (Å²) >= 11 is 3.33. The Bertz CT molecular complexity index is 610. The Balaban J connectivity index is 2.34. The maximum atomic E-state index is 8.79. The third kappa shape index (κ3) is 3.05. The van der Waals surface area contributed by atoms with Crippen LogP contribution in [0.4, 0.5) is 0 Å². The minimum absolute atomic E-state index is 0.0146. The van der Waals surface area contributed by atoms with Gasteiger partial charge in [-0.2, -0.15) is 5.10 Å². The zero-order valence-corrected chi connectivity index (χ0v) is 11.8. The Hall–Kier alpha value is -2.02. The van der Waals surface area contributed by atoms with Gasteiger partial charge in [-0.3, -0.25) is 4.68 Å². The van der Waals surface area contributed by atoms with Crippen molar-refractivity contribution in [1.29, 1.82) is 0 Å². The van der Waals surface area contributed by atoms with E-state index in [1.807, 2.05) is 13.0 Å². The van der Waals surface area contributed by atoms with Gasteiger partial charge in [-0.1, -0.05) is 21.1 Å². The molecule has 2 aromatic rings. The number of rotatable bonds is 4. The molecule has 2 rings (SSSR count). The number of nitrogens with zero attached hydrogens (tertiary/aromatic N) is 3. The zero-order chi connectivity index (χ0) is 13.8. The van der Waals surface area contributed by atoms with E-state index < -0.39 is 0 Å². The lowest BCUT2D eigenvalue weighted by Gasteiger charge is -2.09. The summed E-state index contributed by atoms with van der Waals surface area (Å²) < 4.78 is 8.25. The molecule has 0 aliphatic rings. The van der Waals surface area contributed by atoms with Crippen LogP contribution in [-0.4, -0.2) is 20.8 Å². The highest BCUT2D eigenvalue weighted by Crippen LogP contribution is 2.27. The molecule has 0 unspecified atom stereocenters. The molecule has 0 aliphatic carbocycles. The predicted molar refractivity (Wildman–Crippen MR) is 74.6 cm³/mol. The first-order chi connectivity index (χ1) is 9.13. The van der Waals surface area contributed by atoms with Crippen molar-refractivity contribution in [3.63, 3.8) is 0 Å². The molecule has 0 saturated carbocycles. The first-order valence-electron chi connectivity index (χ1n) is 5.61. The molecule has 100 valence electrons. The molecular weight excluding hydrogens is 312 g/mol. The van der Waals surface area contributed by atoms with Gasteiger partial charge < -0.3 is 15.7 Å². The summed E-state index contributed by atoms with van der Waals surface area (Å²) in [7, 11) is 0. The highest BCUT2D eigenvalue weighted by atomic mass is 79.9. The maximum Gasteiger partial charge on any atom is 0.173 e. The largest absolute Gasteiger partial charge is 0.453 e. The quantitative estimate of drug-likeness (QED) is 0.391. The van der Waals surface area contributed by atoms with E-state index in [0.29, 0.717) is 17.1 Å². The molecule has 0 bridgehead atoms. The van der Waals surface area contributed by atoms with Crippen LogP contribution in [-0.2, 0) is 6.54 Å². The van der Waals surface area contributed by atoms with Gasteiger partial charge in [0.05, 0.1) is 18.0 Å². The van der Waals surface area contributed by atoms with Crippen molar-refractivity contribution in [3.05, 3.63) is 40.6 Å². The average molecular weight is 325 g/mol. The Kier molecular flexibility index (Phi) is 4.06. The van der Waals surface area contributed by atoms with E-state index in [0.717, 1.165) is 11.0 Å². The Morgan fingerprint density at radius 2 is 2.37 bits per heavy atom. The second-order valence-electron chi connectivity index (χ2n) is 3.76. The molecule has 1 heterocycles. The van der Waals surface area contributed by atoms with Gasteiger partial charge in [0, 0.05) is 11.0 Å². The first-order valence-corrected chi connectivity index (χ1v) is 6.41. The number of amidine groups is 1. The van der Waals surface area contributed by atoms with Crippen LogP contribution in [0.2, 0.25) is 0 Å². The maximum absolute atomic E-state index is 8.79. The zero-order valence-electron chi connectivity index (χ0n) is 10.2. The second kappa shape index (κ2) is 5.75. The molecule has 6 nitrogen and oxygen atoms in total. The summed E-state index contributed by atoms with van der Waals surface area (Å²) in [6, 6.07) is 5.27. The predicted octanol–water partition coefficient (Wildman–Crippen LogP) is 2.55. The molecule has 3 N–H and O–H groups in total. The molecule has 0 saturated heterocycles. The summed E-state index contributed by atoms with van der Waals surface area (Å²) in [5.41, 5.74) is 6.13. The van der Waals surface area contributed by atoms with Crippen molar-refractivity contribution < 1.29 is 9.94 Å². The Morgan fingerprint density at radius 1 is 1.58 bits per heavy atom. The van der Waals surface area contributed by atoms with Crippen molar-refractivity contribution in [2.24, 2.45) is 10.9 Å². The second-order valence-corrected chi connectivity index (χ2v) is 4.68. The monoisotopic (exact) mass is 324 g/mol. The molecule has 1 aromatic heterocycles. The Morgan fingerprint density at radius 3 is 3.00 bits per heavy atom. The standard InChI is InChI=1S/C12H13BrN4O2/c1-2-17-7-9(6-15-17)19-11-4-3-8(13)5-10(11)12(14)16-18/h3-7,18H,2H2,1H3,(H2,14,16). The molecule has 7 heteroatoms. The number of aromatic nitrogens is 2. The number of ether oxygens (including phenoxy) is 1. The third-order valence-electron chi connectivity index (χ3n) is 2.49. The normalized spacial score (nSPS) is 11.6. The molecule has 0 fully saturated rings. The van der Waals surface area contributed by atoms with E-state index in [9.17, 15) is 0 Å². The molecule has 1 aromatic carbocycles. The van der Waals surface area contributed by atoms with Crippen molar-refractivity contribution in [1.82, 2.24) is 9.78 Å². The third-order valence-corrected chi connectivity index (χ3v) is 2.98. The van der Waals surface area contributed by atoms with Gasteiger partial charge in [0.25, 0.3) is 0 Å². The SMILES string of the molecule is CCn1cc(Oc2ccc(Br)cc2/C(N)=N/O)cn1. The summed E-state index contributed by atoms with van der Waals surface area (Å²) in [6.45, 7) is 2.75. The van der Waals surface area contributed by atoms with Crippen LogP contribution in [0, 0.1) is 0 Å². The number of benzene rings is 1. The molecular formula is C12H13BrN4O2. The number of nitrogens with two attached hydrogens (primary N) is 1. The number of aryl methyl sites for hydroxylation is 1. The summed E-state index contributed by atoms with van der Waals surface area (Å²) in [6.07, 6.45) is 3.39. The van der Waals surface area contributed by atoms with Crippen molar-refractivity contribution in [2.75, 3.05) is 0 Å². The summed E-state index contributed by atoms with van der Waals surface area (Å²) in [5, 5.41) is 15.9. The fourth-order valence-electron chi connectivity index (χ4n) is 1.54. The van der Waals surface area contributed by atoms with Crippen LogP contribution in [0.5, 0.6) is 11.5 Å². The smallest absolute Gasteiger partial charge is 0.173 e. The van der Waals surface area contributed by atoms with Gasteiger partial charge in [-0.15, -0.1) is 0 Å². The number of hydrogen-bond acceptors (Lipinski definition) is 4. The highest BCUT2D eigenvalue weighted by molar-refractivity contribution is 9.10. The molecule has 0 spiro atoms. The van der Waals surface area contributed by atoms with Crippen LogP contribution in [0.15, 0.2) is 40.2 Å². The van der Waals surface area contributed by atoms with E-state index in [-0.39, 0.29) is 5.84 Å². The number of oxime groups is 1. The van der Waals surface area contributed by atoms with Gasteiger partial charge in [0.15, 0.2) is 11.6 Å². The van der Waals surface area contributed by atoms with Crippen LogP contribution in [0.25, 0.3) is 0 Å². The van der Waals surface area contributed by atoms with E-state index in [4.69, 9.17) is 15.7 Å². The van der Waals surface area contributed by atoms with Gasteiger partial charge in [0.2, 0.25) is 0 Å². The van der Waals surface area contributed by atoms with Gasteiger partial charge in [-0.05, 0) is 25.1 Å². The van der Waals surface area contributed by atoms with Crippen LogP contribution in [0.1, 0.15) is 12.5 Å². The lowest BCUT2D eigenvalue weighted by Crippen LogP contribution is -2.14. The van der Waals surface area contributed by atoms with Crippen LogP contribution >= 0.6 is 15.9 Å². The van der Waals surface area contributed by atoms with Crippen molar-refractivity contribution in [2.45, 2.75) is 13.5 Å². The number of halogens is 1. The topological polar surface area (TPSA) is 85.7 Å². The first kappa shape index (κ1) is 13.4. The highest BCUT2D eigenvalue weighted by Gasteiger charge is 2.11. The molecule has 0 atom stereocenters. The summed E-state index contributed by atoms with van der Waals surface area (Å²) in [4.78, 5) is 0. The molecule has 0 radical (unpaired) electrons. The average Bonchev–Trinajstić information content (AvgIpc) is 2.87. The summed E-state index contributed by atoms with van der Waals surface area (Å²) in [5.74, 6) is 1.07.